The maximum Gasteiger partial charge on any atom is 0.181 e. The zero-order valence-electron chi connectivity index (χ0n) is 38.2. The van der Waals surface area contributed by atoms with Crippen LogP contribution in [0.2, 0.25) is 0 Å². The van der Waals surface area contributed by atoms with Crippen LogP contribution in [0.15, 0.2) is 267 Å². The summed E-state index contributed by atoms with van der Waals surface area (Å²) >= 11 is 3.89. The number of fused-ring (bicyclic) bond motifs is 12. The molecule has 0 fully saturated rings. The van der Waals surface area contributed by atoms with Crippen molar-refractivity contribution in [3.63, 3.8) is 0 Å². The van der Waals surface area contributed by atoms with E-state index in [0.717, 1.165) is 0 Å². The largest absolute Gasteiger partial charge is 0.181 e. The van der Waals surface area contributed by atoms with Crippen molar-refractivity contribution in [2.45, 2.75) is 0 Å². The third kappa shape index (κ3) is 6.04. The highest BCUT2D eigenvalue weighted by atomic mass is 32.1. The first-order valence-electron chi connectivity index (χ1n) is 24.2. The highest BCUT2D eigenvalue weighted by Gasteiger charge is 2.45. The Balaban J connectivity index is 1.07. The van der Waals surface area contributed by atoms with Gasteiger partial charge < -0.3 is 0 Å². The van der Waals surface area contributed by atoms with Gasteiger partial charge in [-0.05, 0) is 85.9 Å². The molecule has 12 aromatic carbocycles. The molecule has 0 aliphatic rings. The van der Waals surface area contributed by atoms with Crippen LogP contribution >= 0.6 is 22.7 Å². The summed E-state index contributed by atoms with van der Waals surface area (Å²) in [6, 6.07) is 102. The molecule has 0 spiro atoms. The molecule has 0 radical (unpaired) electrons. The summed E-state index contributed by atoms with van der Waals surface area (Å²) in [6.45, 7) is 0. The van der Waals surface area contributed by atoms with Crippen molar-refractivity contribution in [2.24, 2.45) is 0 Å². The second-order valence-electron chi connectivity index (χ2n) is 18.6. The van der Waals surface area contributed by atoms with Crippen LogP contribution in [0.4, 0.5) is 0 Å². The lowest BCUT2D eigenvalue weighted by Crippen LogP contribution is -2.74. The summed E-state index contributed by atoms with van der Waals surface area (Å²) in [5.74, 6) is 0. The molecule has 2 aromatic heterocycles. The summed E-state index contributed by atoms with van der Waals surface area (Å²) in [4.78, 5) is 0. The third-order valence-electron chi connectivity index (χ3n) is 15.1. The fourth-order valence-electron chi connectivity index (χ4n) is 12.2. The summed E-state index contributed by atoms with van der Waals surface area (Å²) in [6.07, 6.45) is 0. The first-order valence-corrected chi connectivity index (χ1v) is 29.8. The second kappa shape index (κ2) is 16.5. The SMILES string of the molecule is c1ccc([Si](c2ccccc2)(c2ccc3c4ccc([Si](c5ccccc5)(c5ccccc5)c5cccc6c5sc5ccccc56)cc4c4ccccc4c3c2)c2cccc3c2sc2ccccc23)cc1. The summed E-state index contributed by atoms with van der Waals surface area (Å²) in [5, 5.41) is 24.3. The van der Waals surface area contributed by atoms with E-state index >= 15 is 0 Å². The maximum atomic E-state index is 2.60. The van der Waals surface area contributed by atoms with Crippen molar-refractivity contribution in [1.29, 1.82) is 0 Å². The number of rotatable bonds is 8. The summed E-state index contributed by atoms with van der Waals surface area (Å²) < 4.78 is 5.43. The lowest BCUT2D eigenvalue weighted by Gasteiger charge is -2.35. The quantitative estimate of drug-likeness (QED) is 0.0809. The van der Waals surface area contributed by atoms with Crippen LogP contribution in [0.25, 0.3) is 72.7 Å². The van der Waals surface area contributed by atoms with Gasteiger partial charge in [-0.1, -0.05) is 255 Å². The van der Waals surface area contributed by atoms with Gasteiger partial charge in [0, 0.05) is 40.3 Å². The van der Waals surface area contributed by atoms with Crippen LogP contribution in [0.5, 0.6) is 0 Å². The van der Waals surface area contributed by atoms with E-state index < -0.39 is 16.1 Å². The molecule has 0 amide bonds. The molecule has 14 rings (SSSR count). The van der Waals surface area contributed by atoms with Crippen molar-refractivity contribution < 1.29 is 0 Å². The Kier molecular flexibility index (Phi) is 9.72. The fraction of sp³-hybridized carbons (Fsp3) is 0. The van der Waals surface area contributed by atoms with Crippen LogP contribution in [0, 0.1) is 0 Å². The molecule has 4 heteroatoms. The van der Waals surface area contributed by atoms with E-state index in [-0.39, 0.29) is 0 Å². The molecule has 328 valence electrons. The molecule has 70 heavy (non-hydrogen) atoms. The van der Waals surface area contributed by atoms with Gasteiger partial charge in [0.1, 0.15) is 0 Å². The monoisotopic (exact) mass is 956 g/mol. The van der Waals surface area contributed by atoms with Gasteiger partial charge >= 0.3 is 0 Å². The molecule has 0 nitrogen and oxygen atoms in total. The van der Waals surface area contributed by atoms with E-state index in [9.17, 15) is 0 Å². The molecule has 2 heterocycles. The van der Waals surface area contributed by atoms with Gasteiger partial charge in [-0.15, -0.1) is 22.7 Å². The highest BCUT2D eigenvalue weighted by molar-refractivity contribution is 7.31. The molecule has 0 bridgehead atoms. The number of benzene rings is 12. The average molecular weight is 957 g/mol. The smallest absolute Gasteiger partial charge is 0.135 e. The van der Waals surface area contributed by atoms with E-state index in [1.165, 1.54) is 114 Å². The number of hydrogen-bond acceptors (Lipinski definition) is 2. The highest BCUT2D eigenvalue weighted by Crippen LogP contribution is 2.38. The lowest BCUT2D eigenvalue weighted by molar-refractivity contribution is 1.69. The van der Waals surface area contributed by atoms with Crippen LogP contribution in [0.3, 0.4) is 0 Å². The Bertz CT molecular complexity index is 3910. The fourth-order valence-corrected chi connectivity index (χ4v) is 25.3. The summed E-state index contributed by atoms with van der Waals surface area (Å²) in [5.41, 5.74) is 0. The molecule has 0 aliphatic heterocycles. The zero-order valence-corrected chi connectivity index (χ0v) is 41.9. The number of hydrogen-bond donors (Lipinski definition) is 0. The molecule has 0 saturated carbocycles. The van der Waals surface area contributed by atoms with Gasteiger partial charge in [0.25, 0.3) is 0 Å². The van der Waals surface area contributed by atoms with Crippen molar-refractivity contribution in [2.75, 3.05) is 0 Å². The van der Waals surface area contributed by atoms with Gasteiger partial charge in [-0.25, -0.2) is 0 Å². The van der Waals surface area contributed by atoms with Crippen LogP contribution in [-0.2, 0) is 0 Å². The molecular formula is C66H44S2Si2. The van der Waals surface area contributed by atoms with E-state index in [1.54, 1.807) is 0 Å². The van der Waals surface area contributed by atoms with Gasteiger partial charge in [0.05, 0.1) is 0 Å². The summed E-state index contributed by atoms with van der Waals surface area (Å²) in [7, 11) is -5.93. The lowest BCUT2D eigenvalue weighted by atomic mass is 9.94. The molecule has 14 aromatic rings. The third-order valence-corrected chi connectivity index (χ3v) is 27.5. The standard InChI is InChI=1S/C66H44S2Si2/c1-5-21-45(22-6-1)69(46-23-7-2-8-24-46,63-37-19-33-57-55-31-15-17-35-61(55)67-65(57)63)49-39-41-53-54-42-40-50(44-60(54)52-30-14-13-29-51(52)59(53)43-49)70(47-25-9-3-10-26-47,48-27-11-4-12-28-48)64-38-20-34-58-56-32-16-18-36-62(56)68-66(58)64/h1-44H. The van der Waals surface area contributed by atoms with Crippen molar-refractivity contribution >= 4 is 153 Å². The first-order chi connectivity index (χ1) is 34.7. The van der Waals surface area contributed by atoms with Crippen molar-refractivity contribution in [3.05, 3.63) is 267 Å². The predicted octanol–water partition coefficient (Wildman–Crippen LogP) is 12.6. The Labute approximate surface area is 417 Å². The minimum atomic E-state index is -2.96. The van der Waals surface area contributed by atoms with E-state index in [4.69, 9.17) is 0 Å². The topological polar surface area (TPSA) is 0 Å². The molecule has 0 N–H and O–H groups in total. The van der Waals surface area contributed by atoms with Gasteiger partial charge in [0.15, 0.2) is 16.1 Å². The van der Waals surface area contributed by atoms with Crippen LogP contribution in [0.1, 0.15) is 0 Å². The van der Waals surface area contributed by atoms with Gasteiger partial charge in [-0.3, -0.25) is 0 Å². The Hall–Kier alpha value is -7.71. The Morgan fingerprint density at radius 3 is 0.871 bits per heavy atom. The van der Waals surface area contributed by atoms with Crippen molar-refractivity contribution in [1.82, 2.24) is 0 Å². The Morgan fingerprint density at radius 2 is 0.500 bits per heavy atom. The minimum Gasteiger partial charge on any atom is -0.135 e. The van der Waals surface area contributed by atoms with E-state index in [1.807, 2.05) is 22.7 Å². The van der Waals surface area contributed by atoms with Gasteiger partial charge in [-0.2, -0.15) is 0 Å². The molecule has 0 saturated heterocycles. The minimum absolute atomic E-state index is 1.28. The first kappa shape index (κ1) is 41.3. The normalized spacial score (nSPS) is 12.3. The second-order valence-corrected chi connectivity index (χ2v) is 28.2. The molecular weight excluding hydrogens is 913 g/mol. The van der Waals surface area contributed by atoms with E-state index in [0.29, 0.717) is 0 Å². The molecule has 0 aliphatic carbocycles. The maximum absolute atomic E-state index is 2.96. The van der Waals surface area contributed by atoms with Crippen LogP contribution < -0.4 is 41.5 Å². The predicted molar refractivity (Wildman–Crippen MR) is 312 cm³/mol. The molecule has 0 atom stereocenters. The molecule has 0 unspecified atom stereocenters. The van der Waals surface area contributed by atoms with Crippen molar-refractivity contribution in [3.8, 4) is 0 Å². The van der Waals surface area contributed by atoms with E-state index in [2.05, 4.69) is 267 Å². The number of thiophene rings is 2. The zero-order chi connectivity index (χ0) is 46.2. The van der Waals surface area contributed by atoms with Gasteiger partial charge in [0.2, 0.25) is 0 Å². The Morgan fingerprint density at radius 1 is 0.200 bits per heavy atom. The average Bonchev–Trinajstić information content (AvgIpc) is 4.02. The van der Waals surface area contributed by atoms with Crippen LogP contribution in [-0.4, -0.2) is 16.1 Å².